The van der Waals surface area contributed by atoms with Crippen LogP contribution in [0.4, 0.5) is 4.79 Å². The van der Waals surface area contributed by atoms with Gasteiger partial charge in [-0.05, 0) is 19.8 Å². The van der Waals surface area contributed by atoms with E-state index in [-0.39, 0.29) is 6.03 Å². The zero-order chi connectivity index (χ0) is 9.26. The van der Waals surface area contributed by atoms with Gasteiger partial charge in [-0.3, -0.25) is 0 Å². The van der Waals surface area contributed by atoms with E-state index >= 15 is 0 Å². The Morgan fingerprint density at radius 3 is 2.69 bits per heavy atom. The average molecular weight is 184 g/mol. The van der Waals surface area contributed by atoms with E-state index in [0.717, 1.165) is 32.6 Å². The van der Waals surface area contributed by atoms with Crippen LogP contribution >= 0.6 is 0 Å². The van der Waals surface area contributed by atoms with E-state index in [9.17, 15) is 4.79 Å². The number of hydrogen-bond acceptors (Lipinski definition) is 2. The van der Waals surface area contributed by atoms with Crippen LogP contribution in [0.3, 0.4) is 0 Å². The molecule has 0 bridgehead atoms. The van der Waals surface area contributed by atoms with Gasteiger partial charge in [-0.2, -0.15) is 0 Å². The smallest absolute Gasteiger partial charge is 0.318 e. The number of carbonyl (C=O) groups excluding carboxylic acids is 1. The maximum absolute atomic E-state index is 11.5. The highest BCUT2D eigenvalue weighted by atomic mass is 16.5. The van der Waals surface area contributed by atoms with E-state index in [4.69, 9.17) is 4.74 Å². The Bertz CT molecular complexity index is 202. The lowest BCUT2D eigenvalue weighted by Gasteiger charge is -2.32. The van der Waals surface area contributed by atoms with E-state index in [1.165, 1.54) is 0 Å². The molecule has 2 heterocycles. The van der Waals surface area contributed by atoms with E-state index in [0.29, 0.717) is 12.1 Å². The SMILES string of the molecule is CC1CNC(=O)N1C1CCOCC1. The number of nitrogens with zero attached hydrogens (tertiary/aromatic N) is 1. The molecular formula is C9H16N2O2. The summed E-state index contributed by atoms with van der Waals surface area (Å²) in [4.78, 5) is 13.4. The summed E-state index contributed by atoms with van der Waals surface area (Å²) in [6.07, 6.45) is 1.97. The highest BCUT2D eigenvalue weighted by molar-refractivity contribution is 5.77. The Kier molecular flexibility index (Phi) is 2.40. The first-order chi connectivity index (χ1) is 6.29. The van der Waals surface area contributed by atoms with Crippen molar-refractivity contribution in [2.45, 2.75) is 31.8 Å². The highest BCUT2D eigenvalue weighted by Gasteiger charge is 2.33. The third kappa shape index (κ3) is 1.63. The number of hydrogen-bond donors (Lipinski definition) is 1. The number of carbonyl (C=O) groups is 1. The van der Waals surface area contributed by atoms with Crippen LogP contribution in [0, 0.1) is 0 Å². The van der Waals surface area contributed by atoms with Crippen LogP contribution in [0.2, 0.25) is 0 Å². The van der Waals surface area contributed by atoms with Crippen molar-refractivity contribution in [3.05, 3.63) is 0 Å². The molecule has 13 heavy (non-hydrogen) atoms. The van der Waals surface area contributed by atoms with E-state index < -0.39 is 0 Å². The fraction of sp³-hybridized carbons (Fsp3) is 0.889. The summed E-state index contributed by atoms with van der Waals surface area (Å²) in [5.74, 6) is 0. The molecule has 2 rings (SSSR count). The van der Waals surface area contributed by atoms with Crippen LogP contribution in [0.5, 0.6) is 0 Å². The summed E-state index contributed by atoms with van der Waals surface area (Å²) in [5, 5.41) is 2.86. The summed E-state index contributed by atoms with van der Waals surface area (Å²) in [5.41, 5.74) is 0. The molecule has 0 aromatic carbocycles. The molecule has 2 aliphatic heterocycles. The van der Waals surface area contributed by atoms with Crippen molar-refractivity contribution < 1.29 is 9.53 Å². The first-order valence-electron chi connectivity index (χ1n) is 4.93. The minimum absolute atomic E-state index is 0.0967. The van der Waals surface area contributed by atoms with Gasteiger partial charge in [-0.1, -0.05) is 0 Å². The number of nitrogens with one attached hydrogen (secondary N) is 1. The van der Waals surface area contributed by atoms with Crippen LogP contribution in [-0.4, -0.2) is 42.8 Å². The lowest BCUT2D eigenvalue weighted by Crippen LogP contribution is -2.44. The molecule has 4 nitrogen and oxygen atoms in total. The van der Waals surface area contributed by atoms with Gasteiger partial charge < -0.3 is 15.0 Å². The molecule has 2 saturated heterocycles. The Labute approximate surface area is 78.2 Å². The van der Waals surface area contributed by atoms with E-state index in [1.807, 2.05) is 4.90 Å². The van der Waals surface area contributed by atoms with Gasteiger partial charge in [0.15, 0.2) is 0 Å². The van der Waals surface area contributed by atoms with Crippen molar-refractivity contribution in [2.75, 3.05) is 19.8 Å². The number of amides is 2. The minimum Gasteiger partial charge on any atom is -0.381 e. The molecule has 0 aromatic heterocycles. The monoisotopic (exact) mass is 184 g/mol. The minimum atomic E-state index is 0.0967. The summed E-state index contributed by atoms with van der Waals surface area (Å²) >= 11 is 0. The number of rotatable bonds is 1. The molecular weight excluding hydrogens is 168 g/mol. The zero-order valence-corrected chi connectivity index (χ0v) is 7.95. The number of ether oxygens (including phenoxy) is 1. The lowest BCUT2D eigenvalue weighted by molar-refractivity contribution is 0.0439. The average Bonchev–Trinajstić information content (AvgIpc) is 2.48. The second-order valence-corrected chi connectivity index (χ2v) is 3.79. The third-order valence-corrected chi connectivity index (χ3v) is 2.84. The summed E-state index contributed by atoms with van der Waals surface area (Å²) in [6, 6.07) is 0.834. The first kappa shape index (κ1) is 8.81. The molecule has 1 N–H and O–H groups in total. The second-order valence-electron chi connectivity index (χ2n) is 3.79. The quantitative estimate of drug-likeness (QED) is 0.647. The van der Waals surface area contributed by atoms with Crippen molar-refractivity contribution in [3.63, 3.8) is 0 Å². The number of urea groups is 1. The molecule has 0 aromatic rings. The molecule has 2 amide bonds. The van der Waals surface area contributed by atoms with Crippen molar-refractivity contribution in [3.8, 4) is 0 Å². The van der Waals surface area contributed by atoms with Gasteiger partial charge >= 0.3 is 6.03 Å². The molecule has 2 fully saturated rings. The van der Waals surface area contributed by atoms with Crippen LogP contribution < -0.4 is 5.32 Å². The fourth-order valence-electron chi connectivity index (χ4n) is 2.11. The largest absolute Gasteiger partial charge is 0.381 e. The first-order valence-corrected chi connectivity index (χ1v) is 4.93. The molecule has 0 radical (unpaired) electrons. The summed E-state index contributed by atoms with van der Waals surface area (Å²) < 4.78 is 5.27. The summed E-state index contributed by atoms with van der Waals surface area (Å²) in [6.45, 7) is 4.46. The van der Waals surface area contributed by atoms with Crippen LogP contribution in [0.1, 0.15) is 19.8 Å². The molecule has 2 aliphatic rings. The molecule has 4 heteroatoms. The fourth-order valence-corrected chi connectivity index (χ4v) is 2.11. The van der Waals surface area contributed by atoms with Gasteiger partial charge in [0.2, 0.25) is 0 Å². The van der Waals surface area contributed by atoms with Gasteiger partial charge in [0.05, 0.1) is 0 Å². The summed E-state index contributed by atoms with van der Waals surface area (Å²) in [7, 11) is 0. The Hall–Kier alpha value is -0.770. The molecule has 0 spiro atoms. The molecule has 0 aliphatic carbocycles. The van der Waals surface area contributed by atoms with Crippen LogP contribution in [0.15, 0.2) is 0 Å². The van der Waals surface area contributed by atoms with Gasteiger partial charge in [0.25, 0.3) is 0 Å². The van der Waals surface area contributed by atoms with Gasteiger partial charge in [-0.15, -0.1) is 0 Å². The van der Waals surface area contributed by atoms with Crippen LogP contribution in [-0.2, 0) is 4.74 Å². The predicted octanol–water partition coefficient (Wildman–Crippen LogP) is 0.579. The van der Waals surface area contributed by atoms with Gasteiger partial charge in [0, 0.05) is 31.8 Å². The van der Waals surface area contributed by atoms with E-state index in [2.05, 4.69) is 12.2 Å². The Morgan fingerprint density at radius 1 is 1.46 bits per heavy atom. The zero-order valence-electron chi connectivity index (χ0n) is 7.95. The van der Waals surface area contributed by atoms with Gasteiger partial charge in [0.1, 0.15) is 0 Å². The second kappa shape index (κ2) is 3.54. The standard InChI is InChI=1S/C9H16N2O2/c1-7-6-10-9(12)11(7)8-2-4-13-5-3-8/h7-8H,2-6H2,1H3,(H,10,12). The molecule has 1 unspecified atom stereocenters. The van der Waals surface area contributed by atoms with E-state index in [1.54, 1.807) is 0 Å². The maximum atomic E-state index is 11.5. The lowest BCUT2D eigenvalue weighted by atomic mass is 10.1. The Morgan fingerprint density at radius 2 is 2.15 bits per heavy atom. The molecule has 0 saturated carbocycles. The maximum Gasteiger partial charge on any atom is 0.318 e. The predicted molar refractivity (Wildman–Crippen MR) is 48.5 cm³/mol. The van der Waals surface area contributed by atoms with Crippen molar-refractivity contribution >= 4 is 6.03 Å². The van der Waals surface area contributed by atoms with Crippen LogP contribution in [0.25, 0.3) is 0 Å². The van der Waals surface area contributed by atoms with Crippen molar-refractivity contribution in [1.82, 2.24) is 10.2 Å². The molecule has 74 valence electrons. The van der Waals surface area contributed by atoms with Crippen molar-refractivity contribution in [1.29, 1.82) is 0 Å². The van der Waals surface area contributed by atoms with Crippen molar-refractivity contribution in [2.24, 2.45) is 0 Å². The topological polar surface area (TPSA) is 41.6 Å². The highest BCUT2D eigenvalue weighted by Crippen LogP contribution is 2.19. The third-order valence-electron chi connectivity index (χ3n) is 2.84. The normalized spacial score (nSPS) is 30.7. The Balaban J connectivity index is 2.00. The van der Waals surface area contributed by atoms with Gasteiger partial charge in [-0.25, -0.2) is 4.79 Å². The molecule has 1 atom stereocenters.